The van der Waals surface area contributed by atoms with E-state index >= 15 is 0 Å². The van der Waals surface area contributed by atoms with Gasteiger partial charge in [0.1, 0.15) is 5.56 Å². The number of halogens is 6. The van der Waals surface area contributed by atoms with Crippen LogP contribution in [0.3, 0.4) is 0 Å². The molecule has 2 saturated heterocycles. The molecular weight excluding hydrogens is 556 g/mol. The maximum Gasteiger partial charge on any atom is 0.423 e. The number of nitro benzene ring substituents is 1. The summed E-state index contributed by atoms with van der Waals surface area (Å²) in [6, 6.07) is 7.75. The van der Waals surface area contributed by atoms with Gasteiger partial charge in [0, 0.05) is 75.2 Å². The summed E-state index contributed by atoms with van der Waals surface area (Å²) in [5, 5.41) is 14.0. The molecule has 1 N–H and O–H groups in total. The van der Waals surface area contributed by atoms with Crippen molar-refractivity contribution < 1.29 is 36.1 Å². The Morgan fingerprint density at radius 2 is 1.56 bits per heavy atom. The highest BCUT2D eigenvalue weighted by atomic mass is 19.4. The average molecular weight is 588 g/mol. The fourth-order valence-electron chi connectivity index (χ4n) is 5.32. The molecule has 2 aromatic rings. The molecule has 41 heavy (non-hydrogen) atoms. The van der Waals surface area contributed by atoms with Crippen molar-refractivity contribution in [3.8, 4) is 0 Å². The molecule has 0 radical (unpaired) electrons. The Morgan fingerprint density at radius 3 is 2.10 bits per heavy atom. The number of likely N-dealkylation sites (tertiary alicyclic amines) is 1. The molecule has 2 fully saturated rings. The number of hydrogen-bond donors (Lipinski definition) is 1. The van der Waals surface area contributed by atoms with Crippen molar-refractivity contribution in [2.45, 2.75) is 38.2 Å². The van der Waals surface area contributed by atoms with Crippen LogP contribution in [0, 0.1) is 16.0 Å². The van der Waals surface area contributed by atoms with E-state index in [2.05, 4.69) is 10.2 Å². The van der Waals surface area contributed by atoms with Gasteiger partial charge in [-0.15, -0.1) is 0 Å². The molecule has 1 amide bonds. The van der Waals surface area contributed by atoms with Crippen molar-refractivity contribution in [3.63, 3.8) is 0 Å². The van der Waals surface area contributed by atoms with Crippen LogP contribution in [-0.2, 0) is 17.1 Å². The van der Waals surface area contributed by atoms with Gasteiger partial charge in [0.05, 0.1) is 10.5 Å². The van der Waals surface area contributed by atoms with Gasteiger partial charge in [-0.2, -0.15) is 26.3 Å². The lowest BCUT2D eigenvalue weighted by molar-refractivity contribution is -0.388. The van der Waals surface area contributed by atoms with Crippen molar-refractivity contribution in [2.75, 3.05) is 56.0 Å². The number of hydrogen-bond acceptors (Lipinski definition) is 6. The quantitative estimate of drug-likeness (QED) is 0.262. The van der Waals surface area contributed by atoms with E-state index in [1.165, 1.54) is 18.2 Å². The lowest BCUT2D eigenvalue weighted by Crippen LogP contribution is -2.50. The van der Waals surface area contributed by atoms with E-state index < -0.39 is 34.1 Å². The Hall–Kier alpha value is -3.55. The number of anilines is 2. The Balaban J connectivity index is 1.23. The number of benzene rings is 2. The molecule has 2 heterocycles. The van der Waals surface area contributed by atoms with E-state index in [9.17, 15) is 41.3 Å². The number of nitrogens with zero attached hydrogens (tertiary/aromatic N) is 4. The maximum atomic E-state index is 13.3. The van der Waals surface area contributed by atoms with Crippen LogP contribution in [0.25, 0.3) is 0 Å². The number of nitrogens with one attached hydrogen (secondary N) is 1. The van der Waals surface area contributed by atoms with Crippen molar-refractivity contribution in [1.82, 2.24) is 9.80 Å². The van der Waals surface area contributed by atoms with E-state index in [1.54, 1.807) is 4.90 Å². The summed E-state index contributed by atoms with van der Waals surface area (Å²) in [5.41, 5.74) is -2.14. The lowest BCUT2D eigenvalue weighted by Gasteiger charge is -2.38. The van der Waals surface area contributed by atoms with Crippen LogP contribution in [0.15, 0.2) is 42.5 Å². The molecule has 2 aliphatic heterocycles. The number of amides is 1. The molecule has 4 rings (SSSR count). The number of piperidine rings is 1. The van der Waals surface area contributed by atoms with Crippen molar-refractivity contribution in [2.24, 2.45) is 5.92 Å². The molecule has 2 aliphatic rings. The van der Waals surface area contributed by atoms with Gasteiger partial charge >= 0.3 is 12.4 Å². The van der Waals surface area contributed by atoms with E-state index in [4.69, 9.17) is 0 Å². The van der Waals surface area contributed by atoms with E-state index in [0.29, 0.717) is 58.7 Å². The van der Waals surface area contributed by atoms with Gasteiger partial charge in [-0.3, -0.25) is 19.8 Å². The number of piperazine rings is 1. The smallest absolute Gasteiger partial charge is 0.382 e. The molecule has 224 valence electrons. The SMILES string of the molecule is CC(CN1CCN(c2ccc(C(F)(F)F)cc2)CC1)C(=O)N1CCC(Nc2ccc([N+](=O)[O-])c(C(F)(F)F)c2)CC1. The summed E-state index contributed by atoms with van der Waals surface area (Å²) in [4.78, 5) is 28.9. The molecule has 1 unspecified atom stereocenters. The van der Waals surface area contributed by atoms with Gasteiger partial charge in [0.15, 0.2) is 0 Å². The highest BCUT2D eigenvalue weighted by molar-refractivity contribution is 5.78. The average Bonchev–Trinajstić information content (AvgIpc) is 2.92. The minimum atomic E-state index is -4.86. The van der Waals surface area contributed by atoms with Crippen LogP contribution in [0.2, 0.25) is 0 Å². The van der Waals surface area contributed by atoms with Gasteiger partial charge in [-0.25, -0.2) is 0 Å². The van der Waals surface area contributed by atoms with Crippen molar-refractivity contribution >= 4 is 23.0 Å². The monoisotopic (exact) mass is 587 g/mol. The Bertz CT molecular complexity index is 1220. The van der Waals surface area contributed by atoms with Gasteiger partial charge in [-0.1, -0.05) is 6.92 Å². The third kappa shape index (κ3) is 7.60. The zero-order chi connectivity index (χ0) is 29.9. The number of carbonyl (C=O) groups excluding carboxylic acids is 1. The number of nitro groups is 1. The Kier molecular flexibility index (Phi) is 9.00. The maximum absolute atomic E-state index is 13.3. The normalized spacial score (nSPS) is 18.3. The molecule has 0 aromatic heterocycles. The number of carbonyl (C=O) groups is 1. The molecule has 14 heteroatoms. The van der Waals surface area contributed by atoms with Crippen LogP contribution in [0.5, 0.6) is 0 Å². The molecule has 8 nitrogen and oxygen atoms in total. The topological polar surface area (TPSA) is 82.0 Å². The summed E-state index contributed by atoms with van der Waals surface area (Å²) >= 11 is 0. The van der Waals surface area contributed by atoms with Crippen molar-refractivity contribution in [3.05, 3.63) is 63.7 Å². The first-order valence-electron chi connectivity index (χ1n) is 13.3. The summed E-state index contributed by atoms with van der Waals surface area (Å²) in [7, 11) is 0. The zero-order valence-corrected chi connectivity index (χ0v) is 22.3. The first-order chi connectivity index (χ1) is 19.2. The number of rotatable bonds is 7. The van der Waals surface area contributed by atoms with Crippen LogP contribution in [0.4, 0.5) is 43.4 Å². The van der Waals surface area contributed by atoms with Gasteiger partial charge in [0.2, 0.25) is 5.91 Å². The molecule has 0 saturated carbocycles. The molecule has 0 bridgehead atoms. The standard InChI is InChI=1S/C27H31F6N5O3/c1-18(17-35-12-14-36(15-13-35)22-5-2-19(3-6-22)26(28,29)30)25(39)37-10-8-20(9-11-37)34-21-4-7-24(38(40)41)23(16-21)27(31,32)33/h2-7,16,18,20,34H,8-15,17H2,1H3. The predicted octanol–water partition coefficient (Wildman–Crippen LogP) is 5.49. The van der Waals surface area contributed by atoms with Gasteiger partial charge < -0.3 is 15.1 Å². The minimum Gasteiger partial charge on any atom is -0.382 e. The second kappa shape index (κ2) is 12.1. The highest BCUT2D eigenvalue weighted by Gasteiger charge is 2.39. The highest BCUT2D eigenvalue weighted by Crippen LogP contribution is 2.38. The fourth-order valence-corrected chi connectivity index (χ4v) is 5.32. The Morgan fingerprint density at radius 1 is 0.951 bits per heavy atom. The third-order valence-electron chi connectivity index (χ3n) is 7.56. The Labute approximate surface area is 233 Å². The minimum absolute atomic E-state index is 0.0108. The van der Waals surface area contributed by atoms with Crippen molar-refractivity contribution in [1.29, 1.82) is 0 Å². The lowest BCUT2D eigenvalue weighted by atomic mass is 10.0. The summed E-state index contributed by atoms with van der Waals surface area (Å²) in [5.74, 6) is -0.288. The molecule has 2 aromatic carbocycles. The fraction of sp³-hybridized carbons (Fsp3) is 0.519. The van der Waals surface area contributed by atoms with E-state index in [-0.39, 0.29) is 23.6 Å². The summed E-state index contributed by atoms with van der Waals surface area (Å²) < 4.78 is 78.3. The van der Waals surface area contributed by atoms with Gasteiger partial charge in [-0.05, 0) is 49.2 Å². The second-order valence-electron chi connectivity index (χ2n) is 10.5. The van der Waals surface area contributed by atoms with Crippen LogP contribution in [-0.4, -0.2) is 72.5 Å². The third-order valence-corrected chi connectivity index (χ3v) is 7.56. The second-order valence-corrected chi connectivity index (χ2v) is 10.5. The molecule has 1 atom stereocenters. The molecule has 0 spiro atoms. The molecular formula is C27H31F6N5O3. The van der Waals surface area contributed by atoms with Crippen LogP contribution >= 0.6 is 0 Å². The van der Waals surface area contributed by atoms with E-state index in [1.807, 2.05) is 11.8 Å². The van der Waals surface area contributed by atoms with E-state index in [0.717, 1.165) is 30.0 Å². The zero-order valence-electron chi connectivity index (χ0n) is 22.3. The first kappa shape index (κ1) is 30.4. The largest absolute Gasteiger partial charge is 0.423 e. The van der Waals surface area contributed by atoms with Crippen LogP contribution < -0.4 is 10.2 Å². The summed E-state index contributed by atoms with van der Waals surface area (Å²) in [6.07, 6.45) is -8.20. The van der Waals surface area contributed by atoms with Gasteiger partial charge in [0.25, 0.3) is 5.69 Å². The number of alkyl halides is 6. The molecule has 0 aliphatic carbocycles. The first-order valence-corrected chi connectivity index (χ1v) is 13.3. The van der Waals surface area contributed by atoms with Crippen LogP contribution in [0.1, 0.15) is 30.9 Å². The predicted molar refractivity (Wildman–Crippen MR) is 141 cm³/mol. The summed E-state index contributed by atoms with van der Waals surface area (Å²) in [6.45, 7) is 5.85.